The van der Waals surface area contributed by atoms with Crippen LogP contribution in [0.25, 0.3) is 0 Å². The third-order valence-corrected chi connectivity index (χ3v) is 6.23. The lowest BCUT2D eigenvalue weighted by molar-refractivity contribution is -0.130. The van der Waals surface area contributed by atoms with Crippen LogP contribution in [0.4, 0.5) is 0 Å². The Hall–Kier alpha value is -1.66. The van der Waals surface area contributed by atoms with E-state index >= 15 is 0 Å². The van der Waals surface area contributed by atoms with E-state index in [1.807, 2.05) is 17.2 Å². The molecule has 6 nitrogen and oxygen atoms in total. The summed E-state index contributed by atoms with van der Waals surface area (Å²) in [4.78, 5) is 23.8. The fourth-order valence-corrected chi connectivity index (χ4v) is 4.42. The normalized spacial score (nSPS) is 25.6. The minimum absolute atomic E-state index is 0.134. The first kappa shape index (κ1) is 19.1. The number of likely N-dealkylation sites (N-methyl/N-ethyl adjacent to an activating group) is 1. The van der Waals surface area contributed by atoms with Gasteiger partial charge in [-0.1, -0.05) is 6.08 Å². The third kappa shape index (κ3) is 4.18. The fourth-order valence-electron chi connectivity index (χ4n) is 4.42. The van der Waals surface area contributed by atoms with Crippen molar-refractivity contribution in [3.05, 3.63) is 30.9 Å². The van der Waals surface area contributed by atoms with Crippen LogP contribution in [-0.4, -0.2) is 82.0 Å². The predicted octanol–water partition coefficient (Wildman–Crippen LogP) is 1.77. The standard InChI is InChI=1S/C20H33N5O/c1-4-10-25-13-8-20(7-6-19(25)26)17-23(16-15-22(20)3)11-5-12-24-14-9-21-18(24)2/h4,9,14H,1,5-8,10-13,15-17H2,2-3H3/t20-/m1/s1. The van der Waals surface area contributed by atoms with Crippen LogP contribution >= 0.6 is 0 Å². The molecule has 0 saturated carbocycles. The van der Waals surface area contributed by atoms with Crippen LogP contribution in [0.15, 0.2) is 25.0 Å². The highest BCUT2D eigenvalue weighted by atomic mass is 16.2. The molecule has 2 aliphatic rings. The second-order valence-corrected chi connectivity index (χ2v) is 7.82. The fraction of sp³-hybridized carbons (Fsp3) is 0.700. The van der Waals surface area contributed by atoms with Crippen LogP contribution in [-0.2, 0) is 11.3 Å². The maximum Gasteiger partial charge on any atom is 0.222 e. The zero-order chi connectivity index (χ0) is 18.6. The molecule has 0 aliphatic carbocycles. The van der Waals surface area contributed by atoms with Crippen LogP contribution < -0.4 is 0 Å². The highest BCUT2D eigenvalue weighted by Gasteiger charge is 2.41. The number of likely N-dealkylation sites (tertiary alicyclic amines) is 1. The molecule has 1 spiro atoms. The van der Waals surface area contributed by atoms with Gasteiger partial charge in [0, 0.05) is 63.6 Å². The molecular weight excluding hydrogens is 326 g/mol. The average Bonchev–Trinajstić information content (AvgIpc) is 2.97. The van der Waals surface area contributed by atoms with E-state index < -0.39 is 0 Å². The molecule has 2 saturated heterocycles. The first-order valence-electron chi connectivity index (χ1n) is 9.84. The summed E-state index contributed by atoms with van der Waals surface area (Å²) in [6, 6.07) is 0. The van der Waals surface area contributed by atoms with Crippen LogP contribution in [0.2, 0.25) is 0 Å². The number of amides is 1. The summed E-state index contributed by atoms with van der Waals surface area (Å²) < 4.78 is 2.23. The average molecular weight is 360 g/mol. The van der Waals surface area contributed by atoms with Crippen molar-refractivity contribution in [3.63, 3.8) is 0 Å². The van der Waals surface area contributed by atoms with E-state index in [4.69, 9.17) is 0 Å². The first-order chi connectivity index (χ1) is 12.5. The number of hydrogen-bond donors (Lipinski definition) is 0. The van der Waals surface area contributed by atoms with Gasteiger partial charge in [0.25, 0.3) is 0 Å². The van der Waals surface area contributed by atoms with E-state index in [2.05, 4.69) is 46.1 Å². The molecule has 0 N–H and O–H groups in total. The van der Waals surface area contributed by atoms with Crippen molar-refractivity contribution in [1.29, 1.82) is 0 Å². The molecule has 1 aromatic rings. The molecular formula is C20H33N5O. The smallest absolute Gasteiger partial charge is 0.222 e. The monoisotopic (exact) mass is 359 g/mol. The number of piperazine rings is 1. The summed E-state index contributed by atoms with van der Waals surface area (Å²) in [6.07, 6.45) is 9.58. The Kier molecular flexibility index (Phi) is 6.14. The maximum atomic E-state index is 12.4. The van der Waals surface area contributed by atoms with E-state index in [0.29, 0.717) is 13.0 Å². The first-order valence-corrected chi connectivity index (χ1v) is 9.84. The predicted molar refractivity (Wildman–Crippen MR) is 104 cm³/mol. The highest BCUT2D eigenvalue weighted by molar-refractivity contribution is 5.76. The molecule has 26 heavy (non-hydrogen) atoms. The SMILES string of the molecule is C=CCN1CC[C@]2(CCC1=O)CN(CCCn1ccnc1C)CCN2C. The highest BCUT2D eigenvalue weighted by Crippen LogP contribution is 2.32. The molecule has 2 aliphatic heterocycles. The quantitative estimate of drug-likeness (QED) is 0.726. The number of aromatic nitrogens is 2. The molecule has 2 fully saturated rings. The Morgan fingerprint density at radius 3 is 2.85 bits per heavy atom. The number of hydrogen-bond acceptors (Lipinski definition) is 4. The number of carbonyl (C=O) groups excluding carboxylic acids is 1. The minimum atomic E-state index is 0.134. The van der Waals surface area contributed by atoms with Crippen molar-refractivity contribution in [2.45, 2.75) is 44.7 Å². The largest absolute Gasteiger partial charge is 0.339 e. The Morgan fingerprint density at radius 1 is 1.27 bits per heavy atom. The van der Waals surface area contributed by atoms with Gasteiger partial charge in [-0.2, -0.15) is 0 Å². The molecule has 3 heterocycles. The van der Waals surface area contributed by atoms with E-state index in [-0.39, 0.29) is 11.4 Å². The van der Waals surface area contributed by atoms with Crippen molar-refractivity contribution in [3.8, 4) is 0 Å². The third-order valence-electron chi connectivity index (χ3n) is 6.23. The Balaban J connectivity index is 1.57. The van der Waals surface area contributed by atoms with Crippen LogP contribution in [0, 0.1) is 6.92 Å². The van der Waals surface area contributed by atoms with Gasteiger partial charge in [-0.3, -0.25) is 9.69 Å². The molecule has 1 amide bonds. The van der Waals surface area contributed by atoms with Gasteiger partial charge in [-0.25, -0.2) is 4.98 Å². The van der Waals surface area contributed by atoms with Crippen molar-refractivity contribution < 1.29 is 4.79 Å². The molecule has 1 atom stereocenters. The Bertz CT molecular complexity index is 627. The van der Waals surface area contributed by atoms with Gasteiger partial charge >= 0.3 is 0 Å². The summed E-state index contributed by atoms with van der Waals surface area (Å²) in [7, 11) is 2.24. The lowest BCUT2D eigenvalue weighted by Crippen LogP contribution is -2.61. The van der Waals surface area contributed by atoms with Gasteiger partial charge in [0.2, 0.25) is 5.91 Å². The molecule has 3 rings (SSSR count). The Morgan fingerprint density at radius 2 is 2.12 bits per heavy atom. The molecule has 0 aromatic carbocycles. The second-order valence-electron chi connectivity index (χ2n) is 7.82. The minimum Gasteiger partial charge on any atom is -0.339 e. The van der Waals surface area contributed by atoms with Crippen molar-refractivity contribution in [1.82, 2.24) is 24.3 Å². The number of carbonyl (C=O) groups is 1. The molecule has 6 heteroatoms. The lowest BCUT2D eigenvalue weighted by Gasteiger charge is -2.49. The summed E-state index contributed by atoms with van der Waals surface area (Å²) in [5.74, 6) is 1.37. The summed E-state index contributed by atoms with van der Waals surface area (Å²) >= 11 is 0. The molecule has 0 radical (unpaired) electrons. The van der Waals surface area contributed by atoms with Crippen molar-refractivity contribution in [2.75, 3.05) is 46.3 Å². The zero-order valence-electron chi connectivity index (χ0n) is 16.4. The number of nitrogens with zero attached hydrogens (tertiary/aromatic N) is 5. The van der Waals surface area contributed by atoms with Crippen LogP contribution in [0.5, 0.6) is 0 Å². The lowest BCUT2D eigenvalue weighted by atomic mass is 9.86. The van der Waals surface area contributed by atoms with E-state index in [1.165, 1.54) is 0 Å². The van der Waals surface area contributed by atoms with E-state index in [1.54, 1.807) is 0 Å². The second kappa shape index (κ2) is 8.35. The maximum absolute atomic E-state index is 12.4. The van der Waals surface area contributed by atoms with Crippen molar-refractivity contribution in [2.24, 2.45) is 0 Å². The number of aryl methyl sites for hydroxylation is 2. The molecule has 0 unspecified atom stereocenters. The van der Waals surface area contributed by atoms with Gasteiger partial charge in [0.1, 0.15) is 5.82 Å². The topological polar surface area (TPSA) is 44.6 Å². The van der Waals surface area contributed by atoms with Gasteiger partial charge in [0.15, 0.2) is 0 Å². The van der Waals surface area contributed by atoms with Gasteiger partial charge < -0.3 is 14.4 Å². The van der Waals surface area contributed by atoms with E-state index in [0.717, 1.165) is 64.4 Å². The van der Waals surface area contributed by atoms with Gasteiger partial charge in [-0.15, -0.1) is 6.58 Å². The number of imidazole rings is 1. The summed E-state index contributed by atoms with van der Waals surface area (Å²) in [5, 5.41) is 0. The Labute approximate surface area is 157 Å². The molecule has 0 bridgehead atoms. The summed E-state index contributed by atoms with van der Waals surface area (Å²) in [5.41, 5.74) is 0.134. The van der Waals surface area contributed by atoms with Gasteiger partial charge in [0.05, 0.1) is 0 Å². The molecule has 1 aromatic heterocycles. The van der Waals surface area contributed by atoms with Crippen LogP contribution in [0.1, 0.15) is 31.5 Å². The zero-order valence-corrected chi connectivity index (χ0v) is 16.4. The van der Waals surface area contributed by atoms with Crippen molar-refractivity contribution >= 4 is 5.91 Å². The molecule has 144 valence electrons. The number of rotatable bonds is 6. The van der Waals surface area contributed by atoms with Gasteiger partial charge in [-0.05, 0) is 39.8 Å². The van der Waals surface area contributed by atoms with E-state index in [9.17, 15) is 4.79 Å². The summed E-state index contributed by atoms with van der Waals surface area (Å²) in [6.45, 7) is 12.8. The van der Waals surface area contributed by atoms with Crippen LogP contribution in [0.3, 0.4) is 0 Å².